The molecule has 2 aliphatic carbocycles. The number of benzene rings is 2. The number of hydrogen-bond acceptors (Lipinski definition) is 0. The second-order valence-electron chi connectivity index (χ2n) is 30.0. The van der Waals surface area contributed by atoms with Crippen LogP contribution in [-0.4, -0.2) is 6.18 Å². The summed E-state index contributed by atoms with van der Waals surface area (Å²) in [5, 5.41) is 0. The lowest BCUT2D eigenvalue weighted by Gasteiger charge is -2.29. The van der Waals surface area contributed by atoms with E-state index in [0.29, 0.717) is 36.0 Å². The van der Waals surface area contributed by atoms with E-state index in [-0.39, 0.29) is 39.9 Å². The Kier molecular flexibility index (Phi) is 47.2. The van der Waals surface area contributed by atoms with Gasteiger partial charge in [-0.15, -0.1) is 0 Å². The van der Waals surface area contributed by atoms with E-state index in [4.69, 9.17) is 9.60 Å². The summed E-state index contributed by atoms with van der Waals surface area (Å²) >= 11 is 0. The van der Waals surface area contributed by atoms with Crippen molar-refractivity contribution in [2.75, 3.05) is 0 Å². The molecule has 0 spiro atoms. The van der Waals surface area contributed by atoms with E-state index in [2.05, 4.69) is 169 Å². The largest absolute Gasteiger partial charge is 0.394 e. The monoisotopic (exact) mass is 1170 g/mol. The van der Waals surface area contributed by atoms with Crippen LogP contribution in [0.4, 0.5) is 13.2 Å². The Morgan fingerprint density at radius 2 is 0.793 bits per heavy atom. The maximum atomic E-state index is 12.4. The van der Waals surface area contributed by atoms with Crippen molar-refractivity contribution in [1.29, 1.82) is 0 Å². The van der Waals surface area contributed by atoms with E-state index in [9.17, 15) is 13.2 Å². The van der Waals surface area contributed by atoms with Crippen LogP contribution < -0.4 is 0 Å². The van der Waals surface area contributed by atoms with E-state index in [1.807, 2.05) is 118 Å². The molecule has 496 valence electrons. The summed E-state index contributed by atoms with van der Waals surface area (Å²) < 4.78 is 87.3. The molecule has 0 unspecified atom stereocenters. The van der Waals surface area contributed by atoms with Crippen LogP contribution in [0.15, 0.2) is 30.3 Å². The van der Waals surface area contributed by atoms with Gasteiger partial charge < -0.3 is 0 Å². The number of alkyl halides is 3. The summed E-state index contributed by atoms with van der Waals surface area (Å²) in [6.07, 6.45) is 2.60. The van der Waals surface area contributed by atoms with Crippen molar-refractivity contribution in [3.05, 3.63) is 69.3 Å². The molecule has 0 radical (unpaired) electrons. The van der Waals surface area contributed by atoms with Gasteiger partial charge in [0.25, 0.3) is 0 Å². The predicted molar refractivity (Wildman–Crippen MR) is 380 cm³/mol. The Labute approximate surface area is 530 Å². The molecule has 2 fully saturated rings. The maximum Gasteiger partial charge on any atom is 0.394 e. The van der Waals surface area contributed by atoms with E-state index in [0.717, 1.165) is 18.3 Å². The van der Waals surface area contributed by atoms with Crippen molar-refractivity contribution in [2.24, 2.45) is 38.9 Å². The molecule has 0 saturated heterocycles. The fourth-order valence-corrected chi connectivity index (χ4v) is 7.68. The molecule has 0 aromatic heterocycles. The van der Waals surface area contributed by atoms with Gasteiger partial charge in [0.2, 0.25) is 0 Å². The summed E-state index contributed by atoms with van der Waals surface area (Å²) in [6.45, 7) is 84.4. The van der Waals surface area contributed by atoms with Gasteiger partial charge in [-0.05, 0) is 147 Å². The lowest BCUT2D eigenvalue weighted by Crippen LogP contribution is -2.34. The van der Waals surface area contributed by atoms with Crippen LogP contribution in [0.25, 0.3) is 0 Å². The summed E-state index contributed by atoms with van der Waals surface area (Å²) in [5.74, 6) is 1.75. The van der Waals surface area contributed by atoms with Crippen LogP contribution in [-0.2, 0) is 10.8 Å². The fraction of sp³-hybridized carbons (Fsp3) is 0.848. The Morgan fingerprint density at radius 3 is 0.963 bits per heavy atom. The SMILES string of the molecule is CC.CC.CC.CC(C)(C)C.CCC1(C(F)(F)F)CCCC1.CCC1(C)CCCC1.Cc1c(C(C)C)cc(C(C)C)cc1C(C)C.Cc1ccc(C(C)(C)C)cc1C(C)(C)C.[2H]C(C)(C)C.[2H]C([2H])(C)C(C)(C)C.[2H]C([2H])(C)C(C)(C)C.[2H]C([2H])(C)C(C)C. The molecule has 0 N–H and O–H groups in total. The van der Waals surface area contributed by atoms with Gasteiger partial charge in [0, 0.05) is 9.60 Å². The van der Waals surface area contributed by atoms with Crippen molar-refractivity contribution in [1.82, 2.24) is 0 Å². The van der Waals surface area contributed by atoms with Crippen molar-refractivity contribution in [3.8, 4) is 0 Å². The number of halogens is 3. The smallest absolute Gasteiger partial charge is 0.171 e. The molecule has 0 heterocycles. The van der Waals surface area contributed by atoms with Crippen LogP contribution in [0, 0.1) is 52.7 Å². The topological polar surface area (TPSA) is 0 Å². The van der Waals surface area contributed by atoms with Gasteiger partial charge in [0.15, 0.2) is 0 Å². The summed E-state index contributed by atoms with van der Waals surface area (Å²) in [6, 6.07) is 11.7. The second-order valence-corrected chi connectivity index (χ2v) is 30.0. The minimum atomic E-state index is -3.97. The third-order valence-corrected chi connectivity index (χ3v) is 13.9. The number of hydrogen-bond donors (Lipinski definition) is 0. The van der Waals surface area contributed by atoms with Crippen molar-refractivity contribution in [3.63, 3.8) is 0 Å². The van der Waals surface area contributed by atoms with E-state index in [1.165, 1.54) is 71.0 Å². The van der Waals surface area contributed by atoms with Gasteiger partial charge in [-0.3, -0.25) is 0 Å². The third-order valence-electron chi connectivity index (χ3n) is 13.9. The second kappa shape index (κ2) is 48.3. The van der Waals surface area contributed by atoms with Crippen LogP contribution in [0.5, 0.6) is 0 Å². The molecule has 4 rings (SSSR count). The quantitative estimate of drug-likeness (QED) is 0.270. The lowest BCUT2D eigenvalue weighted by molar-refractivity contribution is -0.223. The highest BCUT2D eigenvalue weighted by Gasteiger charge is 2.54. The highest BCUT2D eigenvalue weighted by atomic mass is 19.4. The minimum absolute atomic E-state index is 0.132. The average molecular weight is 1170 g/mol. The average Bonchev–Trinajstić information content (AvgIpc) is 3.41. The molecule has 2 aromatic carbocycles. The normalized spacial score (nSPS) is 16.1. The van der Waals surface area contributed by atoms with Crippen molar-refractivity contribution >= 4 is 0 Å². The first-order chi connectivity index (χ1) is 39.2. The Morgan fingerprint density at radius 1 is 0.500 bits per heavy atom. The van der Waals surface area contributed by atoms with Gasteiger partial charge in [-0.25, -0.2) is 0 Å². The predicted octanol–water partition coefficient (Wildman–Crippen LogP) is 30.2. The Balaban J connectivity index is -0.000000140. The highest BCUT2D eigenvalue weighted by molar-refractivity contribution is 5.42. The molecule has 0 atom stereocenters. The summed E-state index contributed by atoms with van der Waals surface area (Å²) in [5.41, 5.74) is 10.3. The number of aryl methyl sites for hydroxylation is 1. The fourth-order valence-electron chi connectivity index (χ4n) is 7.68. The summed E-state index contributed by atoms with van der Waals surface area (Å²) in [7, 11) is 0. The van der Waals surface area contributed by atoms with E-state index >= 15 is 0 Å². The zero-order chi connectivity index (χ0) is 74.0. The molecule has 3 heteroatoms. The zero-order valence-electron chi connectivity index (χ0n) is 70.9. The highest BCUT2D eigenvalue weighted by Crippen LogP contribution is 2.52. The maximum absolute atomic E-state index is 12.4. The molecule has 2 saturated carbocycles. The van der Waals surface area contributed by atoms with Crippen molar-refractivity contribution < 1.29 is 22.8 Å². The molecular formula is C79H159F3. The lowest BCUT2D eigenvalue weighted by atomic mass is 9.79. The molecular weight excluding hydrogens is 1010 g/mol. The molecule has 0 nitrogen and oxygen atoms in total. The Hall–Kier alpha value is -1.77. The van der Waals surface area contributed by atoms with Gasteiger partial charge in [0.1, 0.15) is 0 Å². The first kappa shape index (κ1) is 80.2. The van der Waals surface area contributed by atoms with Gasteiger partial charge in [-0.1, -0.05) is 352 Å². The molecule has 2 aromatic rings. The van der Waals surface area contributed by atoms with E-state index < -0.39 is 30.7 Å². The van der Waals surface area contributed by atoms with Crippen LogP contribution in [0.3, 0.4) is 0 Å². The van der Waals surface area contributed by atoms with Gasteiger partial charge in [-0.2, -0.15) is 13.2 Å². The third kappa shape index (κ3) is 54.9. The first-order valence-electron chi connectivity index (χ1n) is 36.5. The van der Waals surface area contributed by atoms with Gasteiger partial charge in [0.05, 0.1) is 5.41 Å². The van der Waals surface area contributed by atoms with Crippen LogP contribution in [0.1, 0.15) is 420 Å². The van der Waals surface area contributed by atoms with Crippen LogP contribution in [0.2, 0.25) is 0 Å². The molecule has 82 heavy (non-hydrogen) atoms. The van der Waals surface area contributed by atoms with Crippen molar-refractivity contribution in [2.45, 2.75) is 402 Å². The Bertz CT molecular complexity index is 1900. The van der Waals surface area contributed by atoms with Crippen LogP contribution >= 0.6 is 0 Å². The molecule has 0 amide bonds. The number of rotatable bonds is 6. The first-order valence-corrected chi connectivity index (χ1v) is 33.0. The van der Waals surface area contributed by atoms with E-state index in [1.54, 1.807) is 27.7 Å². The minimum Gasteiger partial charge on any atom is -0.171 e. The zero-order valence-corrected chi connectivity index (χ0v) is 63.9. The summed E-state index contributed by atoms with van der Waals surface area (Å²) in [4.78, 5) is 0. The standard InChI is InChI=1S/C16H26.C15H24.C8H13F3.C8H16.2C6H14.2C5H12.C4H10.3C2H6/c1-10(2)14-8-15(11(3)4)13(7)16(9-14)12(5)6;1-11-8-9-12(14(2,3)4)10-13(11)15(5,6)7;1-2-7(8(9,10)11)5-3-4-6-7;1-3-8(2)6-4-5-7-8;2*1-5-6(2,3)4;1-5(2,3)4;1-4-5(2)3;1-4(2)3;3*1-2/h8-12H,1-7H3;8-10H,1-7H3;2-6H2,1H3;3-7H2,1-2H3;2*5H2,1-4H3;1-4H3;5H,4H2,1-3H3;4H,1-3H3;3*1-2H3/i;;;;2*5D2;;4D2;4D;;;. The van der Waals surface area contributed by atoms with Gasteiger partial charge >= 0.3 is 6.18 Å². The molecule has 0 bridgehead atoms. The molecule has 2 aliphatic rings. The molecule has 0 aliphatic heterocycles.